The van der Waals surface area contributed by atoms with E-state index in [2.05, 4.69) is 5.32 Å². The van der Waals surface area contributed by atoms with Crippen LogP contribution in [0.4, 0.5) is 13.2 Å². The Balaban J connectivity index is 1.75. The number of carbonyl (C=O) groups is 1. The van der Waals surface area contributed by atoms with E-state index in [9.17, 15) is 18.0 Å². The average molecular weight is 343 g/mol. The molecule has 1 saturated heterocycles. The van der Waals surface area contributed by atoms with Crippen molar-refractivity contribution in [2.45, 2.75) is 43.5 Å². The van der Waals surface area contributed by atoms with Gasteiger partial charge in [-0.05, 0) is 24.5 Å². The lowest BCUT2D eigenvalue weighted by Gasteiger charge is -2.27. The van der Waals surface area contributed by atoms with E-state index in [1.807, 2.05) is 0 Å². The van der Waals surface area contributed by atoms with Crippen LogP contribution in [0.1, 0.15) is 36.3 Å². The molecule has 0 radical (unpaired) electrons. The monoisotopic (exact) mass is 343 g/mol. The summed E-state index contributed by atoms with van der Waals surface area (Å²) >= 11 is 0. The van der Waals surface area contributed by atoms with Crippen molar-refractivity contribution < 1.29 is 27.4 Å². The third-order valence-electron chi connectivity index (χ3n) is 4.62. The molecule has 1 aromatic rings. The highest BCUT2D eigenvalue weighted by atomic mass is 19.4. The zero-order chi connectivity index (χ0) is 17.2. The van der Waals surface area contributed by atoms with Gasteiger partial charge in [-0.15, -0.1) is 0 Å². The summed E-state index contributed by atoms with van der Waals surface area (Å²) in [5, 5.41) is 2.86. The Labute approximate surface area is 138 Å². The van der Waals surface area contributed by atoms with Crippen LogP contribution in [0.15, 0.2) is 24.3 Å². The van der Waals surface area contributed by atoms with Gasteiger partial charge in [-0.1, -0.05) is 24.6 Å². The minimum Gasteiger partial charge on any atom is -0.376 e. The summed E-state index contributed by atoms with van der Waals surface area (Å²) in [5.41, 5.74) is -0.359. The summed E-state index contributed by atoms with van der Waals surface area (Å²) in [4.78, 5) is 12.3. The molecule has 3 rings (SSSR count). The predicted molar refractivity (Wildman–Crippen MR) is 80.5 cm³/mol. The summed E-state index contributed by atoms with van der Waals surface area (Å²) in [5.74, 6) is -0.646. The van der Waals surface area contributed by atoms with Crippen LogP contribution in [0.25, 0.3) is 0 Å². The predicted octanol–water partition coefficient (Wildman–Crippen LogP) is 2.87. The van der Waals surface area contributed by atoms with Crippen molar-refractivity contribution in [2.24, 2.45) is 0 Å². The van der Waals surface area contributed by atoms with Gasteiger partial charge < -0.3 is 14.8 Å². The Morgan fingerprint density at radius 2 is 1.96 bits per heavy atom. The molecule has 2 fully saturated rings. The molecule has 3 atom stereocenters. The van der Waals surface area contributed by atoms with Crippen molar-refractivity contribution >= 4 is 5.91 Å². The fraction of sp³-hybridized carbons (Fsp3) is 0.588. The molecule has 1 amide bonds. The molecule has 1 aliphatic carbocycles. The van der Waals surface area contributed by atoms with Crippen LogP contribution >= 0.6 is 0 Å². The first-order chi connectivity index (χ1) is 11.5. The maximum absolute atomic E-state index is 13.3. The Kier molecular flexibility index (Phi) is 5.10. The topological polar surface area (TPSA) is 47.6 Å². The normalized spacial score (nSPS) is 27.9. The highest BCUT2D eigenvalue weighted by molar-refractivity contribution is 5.81. The highest BCUT2D eigenvalue weighted by Crippen LogP contribution is 2.41. The molecule has 1 aromatic carbocycles. The number of alkyl halides is 3. The molecule has 4 nitrogen and oxygen atoms in total. The summed E-state index contributed by atoms with van der Waals surface area (Å²) < 4.78 is 50.3. The molecule has 0 bridgehead atoms. The first-order valence-corrected chi connectivity index (χ1v) is 8.12. The molecular formula is C17H20F3NO3. The first-order valence-electron chi connectivity index (χ1n) is 8.12. The Morgan fingerprint density at radius 1 is 1.17 bits per heavy atom. The van der Waals surface area contributed by atoms with Gasteiger partial charge in [0.15, 0.2) is 6.10 Å². The van der Waals surface area contributed by atoms with E-state index in [0.29, 0.717) is 26.1 Å². The second-order valence-corrected chi connectivity index (χ2v) is 6.17. The Morgan fingerprint density at radius 3 is 2.67 bits per heavy atom. The highest BCUT2D eigenvalue weighted by Gasteiger charge is 2.39. The van der Waals surface area contributed by atoms with E-state index >= 15 is 0 Å². The number of halogens is 3. The largest absolute Gasteiger partial charge is 0.416 e. The van der Waals surface area contributed by atoms with Gasteiger partial charge >= 0.3 is 6.18 Å². The van der Waals surface area contributed by atoms with E-state index in [-0.39, 0.29) is 30.0 Å². The van der Waals surface area contributed by atoms with Crippen LogP contribution in [0, 0.1) is 0 Å². The van der Waals surface area contributed by atoms with Crippen molar-refractivity contribution in [1.29, 1.82) is 0 Å². The summed E-state index contributed by atoms with van der Waals surface area (Å²) in [7, 11) is 0. The number of rotatable bonds is 3. The zero-order valence-electron chi connectivity index (χ0n) is 13.1. The molecule has 1 N–H and O–H groups in total. The van der Waals surface area contributed by atoms with Crippen molar-refractivity contribution in [3.63, 3.8) is 0 Å². The third kappa shape index (κ3) is 3.72. The van der Waals surface area contributed by atoms with Gasteiger partial charge in [0.2, 0.25) is 0 Å². The minimum atomic E-state index is -4.39. The van der Waals surface area contributed by atoms with Crippen LogP contribution in [0.5, 0.6) is 0 Å². The average Bonchev–Trinajstić information content (AvgIpc) is 3.03. The Hall–Kier alpha value is -1.60. The number of benzene rings is 1. The number of carbonyl (C=O) groups excluding carboxylic acids is 1. The molecule has 0 aromatic heterocycles. The lowest BCUT2D eigenvalue weighted by molar-refractivity contribution is -0.148. The van der Waals surface area contributed by atoms with Crippen LogP contribution < -0.4 is 5.32 Å². The number of amides is 1. The van der Waals surface area contributed by atoms with Crippen LogP contribution in [0.3, 0.4) is 0 Å². The maximum atomic E-state index is 13.3. The fourth-order valence-corrected chi connectivity index (χ4v) is 3.50. The van der Waals surface area contributed by atoms with Gasteiger partial charge in [0.05, 0.1) is 25.4 Å². The lowest BCUT2D eigenvalue weighted by atomic mass is 9.89. The molecule has 1 heterocycles. The molecule has 1 aliphatic heterocycles. The SMILES string of the molecule is O=C(NC1CCCC1c1ccccc1C(F)(F)F)C1COCCO1. The van der Waals surface area contributed by atoms with E-state index < -0.39 is 17.8 Å². The number of hydrogen-bond donors (Lipinski definition) is 1. The molecule has 2 aliphatic rings. The second kappa shape index (κ2) is 7.11. The molecule has 3 unspecified atom stereocenters. The van der Waals surface area contributed by atoms with Gasteiger partial charge in [0.25, 0.3) is 5.91 Å². The Bertz CT molecular complexity index is 585. The van der Waals surface area contributed by atoms with Gasteiger partial charge in [-0.3, -0.25) is 4.79 Å². The lowest BCUT2D eigenvalue weighted by Crippen LogP contribution is -2.47. The van der Waals surface area contributed by atoms with Crippen LogP contribution in [0.2, 0.25) is 0 Å². The molecule has 1 saturated carbocycles. The zero-order valence-corrected chi connectivity index (χ0v) is 13.1. The molecule has 7 heteroatoms. The fourth-order valence-electron chi connectivity index (χ4n) is 3.50. The molecule has 24 heavy (non-hydrogen) atoms. The molecule has 132 valence electrons. The number of hydrogen-bond acceptors (Lipinski definition) is 3. The van der Waals surface area contributed by atoms with E-state index in [1.165, 1.54) is 12.1 Å². The number of ether oxygens (including phenoxy) is 2. The third-order valence-corrected chi connectivity index (χ3v) is 4.62. The van der Waals surface area contributed by atoms with Gasteiger partial charge in [-0.25, -0.2) is 0 Å². The van der Waals surface area contributed by atoms with Crippen molar-refractivity contribution in [1.82, 2.24) is 5.32 Å². The second-order valence-electron chi connectivity index (χ2n) is 6.17. The van der Waals surface area contributed by atoms with E-state index in [0.717, 1.165) is 12.5 Å². The maximum Gasteiger partial charge on any atom is 0.416 e. The number of nitrogens with one attached hydrogen (secondary N) is 1. The van der Waals surface area contributed by atoms with E-state index in [4.69, 9.17) is 9.47 Å². The quantitative estimate of drug-likeness (QED) is 0.918. The van der Waals surface area contributed by atoms with Crippen molar-refractivity contribution in [2.75, 3.05) is 19.8 Å². The van der Waals surface area contributed by atoms with Crippen LogP contribution in [-0.2, 0) is 20.4 Å². The van der Waals surface area contributed by atoms with Gasteiger partial charge in [0, 0.05) is 12.0 Å². The van der Waals surface area contributed by atoms with Crippen molar-refractivity contribution in [3.8, 4) is 0 Å². The van der Waals surface area contributed by atoms with Gasteiger partial charge in [-0.2, -0.15) is 13.2 Å². The minimum absolute atomic E-state index is 0.183. The first kappa shape index (κ1) is 17.2. The van der Waals surface area contributed by atoms with Gasteiger partial charge in [0.1, 0.15) is 0 Å². The van der Waals surface area contributed by atoms with Crippen molar-refractivity contribution in [3.05, 3.63) is 35.4 Å². The molecule has 0 spiro atoms. The summed E-state index contributed by atoms with van der Waals surface area (Å²) in [6, 6.07) is 5.30. The summed E-state index contributed by atoms with van der Waals surface area (Å²) in [6.45, 7) is 0.986. The summed E-state index contributed by atoms with van der Waals surface area (Å²) in [6.07, 6.45) is -3.01. The smallest absolute Gasteiger partial charge is 0.376 e. The molecular weight excluding hydrogens is 323 g/mol. The van der Waals surface area contributed by atoms with Crippen LogP contribution in [-0.4, -0.2) is 37.9 Å². The van der Waals surface area contributed by atoms with E-state index in [1.54, 1.807) is 6.07 Å². The standard InChI is InChI=1S/C17H20F3NO3/c18-17(19,20)13-6-2-1-4-11(13)12-5-3-7-14(12)21-16(22)15-10-23-8-9-24-15/h1-2,4,6,12,14-15H,3,5,7-10H2,(H,21,22).